The summed E-state index contributed by atoms with van der Waals surface area (Å²) < 4.78 is 52.7. The molecule has 10 aliphatic heterocycles. The van der Waals surface area contributed by atoms with E-state index in [1.165, 1.54) is 14.2 Å². The van der Waals surface area contributed by atoms with Gasteiger partial charge in [-0.25, -0.2) is 0 Å². The molecule has 0 saturated carbocycles. The quantitative estimate of drug-likeness (QED) is 0.110. The molecule has 0 amide bonds. The largest absolute Gasteiger partial charge is 0.481 e. The average molecular weight is 1210 g/mol. The molecule has 10 fully saturated rings. The van der Waals surface area contributed by atoms with Crippen LogP contribution in [0.2, 0.25) is 0 Å². The molecule has 10 saturated heterocycles. The van der Waals surface area contributed by atoms with E-state index in [1.54, 1.807) is 0 Å². The van der Waals surface area contributed by atoms with Gasteiger partial charge in [0.05, 0.1) is 146 Å². The lowest BCUT2D eigenvalue weighted by molar-refractivity contribution is -0.135. The highest BCUT2D eigenvalue weighted by Crippen LogP contribution is 1.87. The number of aliphatic hydroxyl groups is 8. The zero-order chi connectivity index (χ0) is 65.5. The molecular weight excluding hydrogens is 1100 g/mol. The van der Waals surface area contributed by atoms with Gasteiger partial charge in [-0.3, -0.25) is 38.4 Å². The van der Waals surface area contributed by atoms with E-state index < -0.39 is 35.8 Å². The van der Waals surface area contributed by atoms with Crippen LogP contribution in [0.25, 0.3) is 0 Å². The molecule has 0 aromatic heterocycles. The van der Waals surface area contributed by atoms with Crippen molar-refractivity contribution in [3.8, 4) is 0 Å². The van der Waals surface area contributed by atoms with E-state index in [-0.39, 0.29) is 14.9 Å². The summed E-state index contributed by atoms with van der Waals surface area (Å²) in [4.78, 5) is 71.9. The van der Waals surface area contributed by atoms with Crippen molar-refractivity contribution in [2.45, 2.75) is 56.4 Å². The number of rotatable bonds is 2. The van der Waals surface area contributed by atoms with Crippen molar-refractivity contribution in [2.24, 2.45) is 0 Å². The summed E-state index contributed by atoms with van der Waals surface area (Å²) in [6.07, 6.45) is 0. The van der Waals surface area contributed by atoms with Gasteiger partial charge in [0.1, 0.15) is 0 Å². The van der Waals surface area contributed by atoms with Gasteiger partial charge in [0.15, 0.2) is 0 Å². The molecule has 0 aromatic carbocycles. The van der Waals surface area contributed by atoms with E-state index in [1.807, 2.05) is 0 Å². The lowest BCUT2D eigenvalue weighted by Gasteiger charge is -1.67. The third-order valence-electron chi connectivity index (χ3n) is 2.23. The molecule has 0 spiro atoms. The summed E-state index contributed by atoms with van der Waals surface area (Å²) in [6, 6.07) is 0. The highest BCUT2D eigenvalue weighted by Gasteiger charge is 1.97. The van der Waals surface area contributed by atoms with Gasteiger partial charge < -0.3 is 128 Å². The molecule has 34 heteroatoms. The van der Waals surface area contributed by atoms with Gasteiger partial charge in [0.25, 0.3) is 48.8 Å². The second-order valence-electron chi connectivity index (χ2n) is 9.90. The number of carboxylic acid groups (broad SMARTS) is 6. The number of epoxide rings is 10. The Morgan fingerprint density at radius 3 is 0.275 bits per heavy atom. The number of hydrogen-bond donors (Lipinski definition) is 14. The first kappa shape index (κ1) is 126. The molecule has 0 aliphatic carbocycles. The number of carbonyl (C=O) groups excluding carboxylic acids is 2. The van der Waals surface area contributed by atoms with Gasteiger partial charge in [0, 0.05) is 98.4 Å². The third-order valence-corrected chi connectivity index (χ3v) is 2.23. The van der Waals surface area contributed by atoms with Crippen molar-refractivity contribution in [3.05, 3.63) is 0 Å². The third kappa shape index (κ3) is 7650. The van der Waals surface area contributed by atoms with Crippen molar-refractivity contribution in [2.75, 3.05) is 203 Å². The van der Waals surface area contributed by atoms with Crippen LogP contribution in [0, 0.1) is 0 Å². The molecule has 14 N–H and O–H groups in total. The van der Waals surface area contributed by atoms with Gasteiger partial charge in [-0.05, 0) is 0 Å². The Hall–Kier alpha value is -4.96. The molecule has 0 radical (unpaired) electrons. The number of hydrogen-bond acceptors (Lipinski definition) is 28. The predicted molar refractivity (Wildman–Crippen MR) is 293 cm³/mol. The van der Waals surface area contributed by atoms with Crippen LogP contribution >= 0.6 is 0 Å². The molecule has 0 atom stereocenters. The van der Waals surface area contributed by atoms with Crippen LogP contribution in [0.1, 0.15) is 56.4 Å². The van der Waals surface area contributed by atoms with E-state index in [4.69, 9.17) is 110 Å². The SMILES string of the molecule is C.C.C1CO1.C1CO1.C1CO1.C1CO1.C1CO1.C1CO1.C1CO1.C1CO1.C1CO1.C1CO1.CC(=O)O.CC(=O)O.CC(=O)O.CC(=O)O.CC(=O)O.CC(=O)O.CO.CO.CO.CO.CO.CO.CO.CO.COC=O.COC=O. The Balaban J connectivity index is -0.0000000313. The lowest BCUT2D eigenvalue weighted by atomic mass is 10.9. The van der Waals surface area contributed by atoms with Crippen LogP contribution in [0.4, 0.5) is 0 Å². The fourth-order valence-electron chi connectivity index (χ4n) is 0. The highest BCUT2D eigenvalue weighted by molar-refractivity contribution is 5.64. The average Bonchev–Trinajstić information content (AvgIpc) is 4.23. The Morgan fingerprint density at radius 1 is 0.250 bits per heavy atom. The summed E-state index contributed by atoms with van der Waals surface area (Å²) in [5.74, 6) is -5.00. The summed E-state index contributed by atoms with van der Waals surface area (Å²) in [5.41, 5.74) is 0. The number of carboxylic acids is 6. The zero-order valence-electron chi connectivity index (χ0n) is 48.7. The minimum absolute atomic E-state index is 0. The minimum atomic E-state index is -0.833. The molecule has 10 heterocycles. The molecule has 0 aromatic rings. The predicted octanol–water partition coefficient (Wildman–Crippen LogP) is -1.57. The molecular formula is C46H112O34. The van der Waals surface area contributed by atoms with E-state index in [9.17, 15) is 0 Å². The van der Waals surface area contributed by atoms with Crippen molar-refractivity contribution < 1.29 is 167 Å². The Kier molecular flexibility index (Phi) is 282. The number of carbonyl (C=O) groups is 8. The lowest BCUT2D eigenvalue weighted by Crippen LogP contribution is -1.78. The summed E-state index contributed by atoms with van der Waals surface area (Å²) in [5, 5.41) is 100. The van der Waals surface area contributed by atoms with Crippen LogP contribution in [0.3, 0.4) is 0 Å². The van der Waals surface area contributed by atoms with Gasteiger partial charge in [-0.1, -0.05) is 14.9 Å². The zero-order valence-corrected chi connectivity index (χ0v) is 48.7. The first-order chi connectivity index (χ1) is 37.2. The summed E-state index contributed by atoms with van der Waals surface area (Å²) in [7, 11) is 10.6. The summed E-state index contributed by atoms with van der Waals surface area (Å²) >= 11 is 0. The second-order valence-corrected chi connectivity index (χ2v) is 9.90. The first-order valence-corrected chi connectivity index (χ1v) is 21.7. The maximum Gasteiger partial charge on any atom is 0.300 e. The maximum absolute atomic E-state index is 9.00. The van der Waals surface area contributed by atoms with Gasteiger partial charge in [-0.2, -0.15) is 0 Å². The van der Waals surface area contributed by atoms with E-state index in [0.29, 0.717) is 12.9 Å². The van der Waals surface area contributed by atoms with Crippen molar-refractivity contribution in [1.29, 1.82) is 0 Å². The summed E-state index contributed by atoms with van der Waals surface area (Å²) in [6.45, 7) is 27.2. The van der Waals surface area contributed by atoms with Crippen molar-refractivity contribution in [3.63, 3.8) is 0 Å². The van der Waals surface area contributed by atoms with Crippen molar-refractivity contribution >= 4 is 48.8 Å². The molecule has 80 heavy (non-hydrogen) atoms. The van der Waals surface area contributed by atoms with Crippen LogP contribution in [0.15, 0.2) is 0 Å². The van der Waals surface area contributed by atoms with Crippen molar-refractivity contribution in [1.82, 2.24) is 0 Å². The standard InChI is InChI=1S/8C2H4O2.10C2H4O.8CH4O.2CH4/c2*1-4-2-3;6*1-2(3)4;10*1-2-3-1;8*1-2;;/h2*2H,1H3;6*1H3,(H,3,4);10*1-2H2;8*2H,1H3;2*1H4. The first-order valence-electron chi connectivity index (χ1n) is 21.7. The number of methoxy groups -OCH3 is 2. The highest BCUT2D eigenvalue weighted by atomic mass is 16.6. The molecule has 0 bridgehead atoms. The molecule has 10 rings (SSSR count). The normalized spacial score (nSPS) is 12.0. The fourth-order valence-corrected chi connectivity index (χ4v) is 0. The van der Waals surface area contributed by atoms with Crippen LogP contribution in [-0.4, -0.2) is 323 Å². The van der Waals surface area contributed by atoms with Gasteiger partial charge in [-0.15, -0.1) is 0 Å². The Labute approximate surface area is 474 Å². The number of aliphatic hydroxyl groups excluding tert-OH is 8. The smallest absolute Gasteiger partial charge is 0.300 e. The number of aliphatic carboxylic acids is 6. The second kappa shape index (κ2) is 179. The fraction of sp³-hybridized carbons (Fsp3) is 0.826. The monoisotopic (exact) mass is 1210 g/mol. The van der Waals surface area contributed by atoms with E-state index in [0.717, 1.165) is 231 Å². The van der Waals surface area contributed by atoms with Gasteiger partial charge >= 0.3 is 0 Å². The maximum atomic E-state index is 9.00. The Morgan fingerprint density at radius 2 is 0.275 bits per heavy atom. The minimum Gasteiger partial charge on any atom is -0.481 e. The molecule has 34 nitrogen and oxygen atoms in total. The van der Waals surface area contributed by atoms with Crippen LogP contribution in [-0.2, 0) is 95.2 Å². The van der Waals surface area contributed by atoms with Crippen LogP contribution in [0.5, 0.6) is 0 Å². The number of ether oxygens (including phenoxy) is 12. The van der Waals surface area contributed by atoms with E-state index >= 15 is 0 Å². The molecule has 500 valence electrons. The van der Waals surface area contributed by atoms with E-state index in [2.05, 4.69) is 56.8 Å². The molecule has 10 aliphatic rings. The Bertz CT molecular complexity index is 697. The molecule has 0 unspecified atom stereocenters. The van der Waals surface area contributed by atoms with Crippen LogP contribution < -0.4 is 0 Å². The van der Waals surface area contributed by atoms with Gasteiger partial charge in [0.2, 0.25) is 0 Å². The topological polar surface area (TPSA) is 564 Å².